The van der Waals surface area contributed by atoms with Crippen molar-refractivity contribution in [3.05, 3.63) is 96.1 Å². The Morgan fingerprint density at radius 2 is 1.25 bits per heavy atom. The first-order valence-electron chi connectivity index (χ1n) is 9.22. The monoisotopic (exact) mass is 674 g/mol. The first kappa shape index (κ1) is 19.4. The summed E-state index contributed by atoms with van der Waals surface area (Å²) in [6.45, 7) is 0. The van der Waals surface area contributed by atoms with Gasteiger partial charge in [-0.15, -0.1) is 0 Å². The second-order valence-corrected chi connectivity index (χ2v) is 33.4. The summed E-state index contributed by atoms with van der Waals surface area (Å²) in [6, 6.07) is 31.4. The van der Waals surface area contributed by atoms with Crippen LogP contribution in [-0.2, 0) is 12.8 Å². The second kappa shape index (κ2) is 7.92. The van der Waals surface area contributed by atoms with Gasteiger partial charge in [0.05, 0.1) is 0 Å². The summed E-state index contributed by atoms with van der Waals surface area (Å²) < 4.78 is 5.83. The van der Waals surface area contributed by atoms with Crippen LogP contribution in [0.15, 0.2) is 84.9 Å². The van der Waals surface area contributed by atoms with E-state index in [2.05, 4.69) is 110 Å². The Hall–Kier alpha value is -0.591. The molecule has 5 rings (SSSR count). The van der Waals surface area contributed by atoms with Crippen molar-refractivity contribution in [2.45, 2.75) is 12.8 Å². The second-order valence-electron chi connectivity index (χ2n) is 6.89. The molecule has 0 heterocycles. The predicted molar refractivity (Wildman–Crippen MR) is 132 cm³/mol. The minimum atomic E-state index is -2.80. The first-order chi connectivity index (χ1) is 13.6. The first-order valence-corrected chi connectivity index (χ1v) is 23.7. The van der Waals surface area contributed by atoms with Crippen molar-refractivity contribution in [3.8, 4) is 0 Å². The SMILES string of the molecule is Br[Te](Br)(c1ccccc1)c1ccc2c3c(ccc([Se]c4ccccc4)c13)CC2. The average molecular weight is 673 g/mol. The van der Waals surface area contributed by atoms with E-state index < -0.39 is 13.8 Å². The molecule has 28 heavy (non-hydrogen) atoms. The standard InChI is InChI=1S/C24H18Br2SeTe/c25-28(26,20-9-5-2-6-10-20)22-16-14-18-12-11-17-13-15-21(24(22)23(17)18)27-19-7-3-1-4-8-19/h1-10,13-16H,11-12H2. The van der Waals surface area contributed by atoms with Gasteiger partial charge in [0, 0.05) is 0 Å². The van der Waals surface area contributed by atoms with Crippen LogP contribution >= 0.6 is 25.5 Å². The Kier molecular flexibility index (Phi) is 5.48. The molecule has 0 nitrogen and oxygen atoms in total. The Balaban J connectivity index is 1.76. The van der Waals surface area contributed by atoms with E-state index in [1.807, 2.05) is 0 Å². The van der Waals surface area contributed by atoms with E-state index in [0.29, 0.717) is 15.0 Å². The Labute approximate surface area is 188 Å². The van der Waals surface area contributed by atoms with E-state index in [4.69, 9.17) is 0 Å². The number of hydrogen-bond acceptors (Lipinski definition) is 0. The average Bonchev–Trinajstić information content (AvgIpc) is 3.16. The van der Waals surface area contributed by atoms with Crippen LogP contribution in [0.4, 0.5) is 0 Å². The predicted octanol–water partition coefficient (Wildman–Crippen LogP) is 3.94. The van der Waals surface area contributed by atoms with Crippen LogP contribution in [0, 0.1) is 0 Å². The van der Waals surface area contributed by atoms with Crippen molar-refractivity contribution < 1.29 is 0 Å². The molecule has 0 saturated carbocycles. The van der Waals surface area contributed by atoms with Gasteiger partial charge in [-0.1, -0.05) is 0 Å². The van der Waals surface area contributed by atoms with Crippen LogP contribution < -0.4 is 16.1 Å². The zero-order valence-corrected chi connectivity index (χ0v) is 22.3. The zero-order chi connectivity index (χ0) is 19.1. The van der Waals surface area contributed by atoms with Gasteiger partial charge < -0.3 is 0 Å². The van der Waals surface area contributed by atoms with Crippen molar-refractivity contribution in [2.75, 3.05) is 0 Å². The van der Waals surface area contributed by atoms with E-state index in [9.17, 15) is 0 Å². The molecule has 0 radical (unpaired) electrons. The summed E-state index contributed by atoms with van der Waals surface area (Å²) in [6.07, 6.45) is 2.34. The maximum absolute atomic E-state index is 4.22. The topological polar surface area (TPSA) is 0 Å². The fraction of sp³-hybridized carbons (Fsp3) is 0.0833. The van der Waals surface area contributed by atoms with Gasteiger partial charge in [-0.25, -0.2) is 0 Å². The minimum absolute atomic E-state index is 0.297. The molecule has 1 aliphatic carbocycles. The quantitative estimate of drug-likeness (QED) is 0.289. The Bertz CT molecular complexity index is 1150. The summed E-state index contributed by atoms with van der Waals surface area (Å²) in [5, 5.41) is 3.04. The normalized spacial score (nSPS) is 13.8. The molecule has 0 bridgehead atoms. The molecule has 0 fully saturated rings. The van der Waals surface area contributed by atoms with Gasteiger partial charge in [0.1, 0.15) is 0 Å². The molecule has 0 aliphatic heterocycles. The van der Waals surface area contributed by atoms with Crippen molar-refractivity contribution in [1.82, 2.24) is 0 Å². The Morgan fingerprint density at radius 3 is 1.93 bits per heavy atom. The van der Waals surface area contributed by atoms with Crippen molar-refractivity contribution in [3.63, 3.8) is 0 Å². The number of benzene rings is 4. The summed E-state index contributed by atoms with van der Waals surface area (Å²) in [5.41, 5.74) is 3.04. The van der Waals surface area contributed by atoms with Crippen LogP contribution in [0.25, 0.3) is 10.8 Å². The van der Waals surface area contributed by atoms with Gasteiger partial charge >= 0.3 is 190 Å². The van der Waals surface area contributed by atoms with E-state index in [1.54, 1.807) is 0 Å². The molecule has 0 spiro atoms. The summed E-state index contributed by atoms with van der Waals surface area (Å²) in [5.74, 6) is 0. The van der Waals surface area contributed by atoms with E-state index in [0.717, 1.165) is 0 Å². The van der Waals surface area contributed by atoms with E-state index in [1.165, 1.54) is 50.9 Å². The number of halogens is 2. The van der Waals surface area contributed by atoms with Crippen molar-refractivity contribution >= 4 is 81.2 Å². The third-order valence-corrected chi connectivity index (χ3v) is 22.2. The molecule has 0 aromatic heterocycles. The van der Waals surface area contributed by atoms with Gasteiger partial charge in [0.2, 0.25) is 0 Å². The third kappa shape index (κ3) is 3.43. The maximum atomic E-state index is 4.22. The number of aryl methyl sites for hydroxylation is 2. The van der Waals surface area contributed by atoms with Crippen LogP contribution in [0.2, 0.25) is 0 Å². The fourth-order valence-electron chi connectivity index (χ4n) is 3.90. The third-order valence-electron chi connectivity index (χ3n) is 5.21. The molecule has 0 unspecified atom stereocenters. The van der Waals surface area contributed by atoms with Gasteiger partial charge in [0.25, 0.3) is 0 Å². The van der Waals surface area contributed by atoms with Crippen LogP contribution in [0.1, 0.15) is 11.1 Å². The Morgan fingerprint density at radius 1 is 0.643 bits per heavy atom. The van der Waals surface area contributed by atoms with E-state index >= 15 is 0 Å². The molecule has 4 aromatic rings. The van der Waals surface area contributed by atoms with Crippen molar-refractivity contribution in [2.24, 2.45) is 0 Å². The van der Waals surface area contributed by atoms with Gasteiger partial charge in [-0.3, -0.25) is 0 Å². The molecule has 0 atom stereocenters. The van der Waals surface area contributed by atoms with Crippen molar-refractivity contribution in [1.29, 1.82) is 0 Å². The molecule has 1 aliphatic rings. The van der Waals surface area contributed by atoms with Crippen LogP contribution in [0.3, 0.4) is 0 Å². The summed E-state index contributed by atoms with van der Waals surface area (Å²) in [7, 11) is 0. The summed E-state index contributed by atoms with van der Waals surface area (Å²) >= 11 is 5.94. The van der Waals surface area contributed by atoms with Gasteiger partial charge in [-0.05, 0) is 0 Å². The van der Waals surface area contributed by atoms with Gasteiger partial charge in [-0.2, -0.15) is 0 Å². The van der Waals surface area contributed by atoms with E-state index in [-0.39, 0.29) is 0 Å². The molecule has 140 valence electrons. The van der Waals surface area contributed by atoms with Crippen LogP contribution in [0.5, 0.6) is 0 Å². The zero-order valence-electron chi connectivity index (χ0n) is 15.1. The molecule has 4 heteroatoms. The summed E-state index contributed by atoms with van der Waals surface area (Å²) in [4.78, 5) is 0. The molecular formula is C24H18Br2SeTe. The number of hydrogen-bond donors (Lipinski definition) is 0. The number of rotatable bonds is 4. The van der Waals surface area contributed by atoms with Gasteiger partial charge in [0.15, 0.2) is 0 Å². The molecular weight excluding hydrogens is 655 g/mol. The molecule has 0 amide bonds. The molecule has 0 saturated heterocycles. The fourth-order valence-corrected chi connectivity index (χ4v) is 17.1. The molecule has 0 N–H and O–H groups in total. The molecule has 4 aromatic carbocycles. The van der Waals surface area contributed by atoms with Crippen LogP contribution in [-0.4, -0.2) is 28.7 Å².